The molecule has 0 aliphatic carbocycles. The molecular weight excluding hydrogens is 292 g/mol. The number of rotatable bonds is 7. The summed E-state index contributed by atoms with van der Waals surface area (Å²) in [4.78, 5) is 14.5. The Balaban J connectivity index is 2.37. The van der Waals surface area contributed by atoms with Gasteiger partial charge in [-0.2, -0.15) is 5.26 Å². The average molecular weight is 312 g/mol. The van der Waals surface area contributed by atoms with Gasteiger partial charge in [-0.15, -0.1) is 0 Å². The lowest BCUT2D eigenvalue weighted by molar-refractivity contribution is 0.268. The highest BCUT2D eigenvalue weighted by atomic mass is 16.5. The number of aromatic nitrogens is 1. The first-order valence-electron chi connectivity index (χ1n) is 7.73. The predicted molar refractivity (Wildman–Crippen MR) is 88.8 cm³/mol. The molecule has 0 saturated heterocycles. The first-order chi connectivity index (χ1) is 11.2. The van der Waals surface area contributed by atoms with Crippen LogP contribution in [-0.2, 0) is 0 Å². The van der Waals surface area contributed by atoms with Crippen molar-refractivity contribution in [3.8, 4) is 28.8 Å². The maximum absolute atomic E-state index is 11.8. The molecule has 0 aliphatic heterocycles. The molecule has 0 unspecified atom stereocenters. The number of nitrogens with one attached hydrogen (secondary N) is 1. The van der Waals surface area contributed by atoms with Crippen molar-refractivity contribution >= 4 is 0 Å². The first-order valence-corrected chi connectivity index (χ1v) is 7.73. The number of benzene rings is 1. The Morgan fingerprint density at radius 3 is 2.35 bits per heavy atom. The number of nitriles is 1. The second kappa shape index (κ2) is 8.04. The van der Waals surface area contributed by atoms with E-state index in [9.17, 15) is 4.79 Å². The summed E-state index contributed by atoms with van der Waals surface area (Å²) in [5, 5.41) is 8.83. The second-order valence-corrected chi connectivity index (χ2v) is 5.09. The molecule has 5 nitrogen and oxygen atoms in total. The summed E-state index contributed by atoms with van der Waals surface area (Å²) in [5.41, 5.74) is 1.14. The number of pyridine rings is 1. The lowest BCUT2D eigenvalue weighted by atomic mass is 10.1. The Morgan fingerprint density at radius 2 is 1.74 bits per heavy atom. The topological polar surface area (TPSA) is 75.1 Å². The van der Waals surface area contributed by atoms with Gasteiger partial charge in [0.05, 0.1) is 13.2 Å². The fourth-order valence-electron chi connectivity index (χ4n) is 2.06. The zero-order chi connectivity index (χ0) is 16.7. The fraction of sp³-hybridized carbons (Fsp3) is 0.333. The molecule has 2 rings (SSSR count). The van der Waals surface area contributed by atoms with E-state index >= 15 is 0 Å². The molecule has 0 fully saturated rings. The van der Waals surface area contributed by atoms with Gasteiger partial charge in [0, 0.05) is 11.3 Å². The van der Waals surface area contributed by atoms with E-state index in [4.69, 9.17) is 14.7 Å². The van der Waals surface area contributed by atoms with Gasteiger partial charge in [0.15, 0.2) is 11.5 Å². The Morgan fingerprint density at radius 1 is 1.04 bits per heavy atom. The summed E-state index contributed by atoms with van der Waals surface area (Å²) in [6, 6.07) is 10.6. The van der Waals surface area contributed by atoms with Crippen molar-refractivity contribution in [1.82, 2.24) is 4.98 Å². The molecule has 5 heteroatoms. The number of hydrogen-bond acceptors (Lipinski definition) is 4. The number of hydrogen-bond donors (Lipinski definition) is 1. The largest absolute Gasteiger partial charge is 0.490 e. The van der Waals surface area contributed by atoms with Crippen LogP contribution in [0.25, 0.3) is 11.3 Å². The normalized spacial score (nSPS) is 10.1. The van der Waals surface area contributed by atoms with Crippen LogP contribution in [0.1, 0.15) is 32.3 Å². The lowest BCUT2D eigenvalue weighted by Crippen LogP contribution is -2.10. The molecule has 0 bridgehead atoms. The number of aromatic amines is 1. The van der Waals surface area contributed by atoms with Crippen LogP contribution in [0.5, 0.6) is 11.5 Å². The Labute approximate surface area is 135 Å². The SMILES string of the molecule is CCCOc1ccc(-c2ccc(C#N)c(=O)[nH]2)cc1OCCC. The molecule has 1 aromatic heterocycles. The smallest absolute Gasteiger partial charge is 0.266 e. The van der Waals surface area contributed by atoms with Crippen molar-refractivity contribution in [2.75, 3.05) is 13.2 Å². The summed E-state index contributed by atoms with van der Waals surface area (Å²) in [6.45, 7) is 5.29. The van der Waals surface area contributed by atoms with E-state index in [0.29, 0.717) is 30.4 Å². The zero-order valence-corrected chi connectivity index (χ0v) is 13.4. The lowest BCUT2D eigenvalue weighted by Gasteiger charge is -2.13. The molecule has 1 heterocycles. The van der Waals surface area contributed by atoms with E-state index in [1.165, 1.54) is 6.07 Å². The van der Waals surface area contributed by atoms with Crippen LogP contribution >= 0.6 is 0 Å². The van der Waals surface area contributed by atoms with E-state index < -0.39 is 5.56 Å². The van der Waals surface area contributed by atoms with Crippen molar-refractivity contribution in [1.29, 1.82) is 5.26 Å². The highest BCUT2D eigenvalue weighted by Crippen LogP contribution is 2.32. The number of ether oxygens (including phenoxy) is 2. The van der Waals surface area contributed by atoms with Crippen LogP contribution in [0.15, 0.2) is 35.1 Å². The highest BCUT2D eigenvalue weighted by Gasteiger charge is 2.09. The summed E-state index contributed by atoms with van der Waals surface area (Å²) >= 11 is 0. The van der Waals surface area contributed by atoms with Gasteiger partial charge in [0.25, 0.3) is 5.56 Å². The minimum Gasteiger partial charge on any atom is -0.490 e. The van der Waals surface area contributed by atoms with Gasteiger partial charge in [-0.05, 0) is 43.2 Å². The summed E-state index contributed by atoms with van der Waals surface area (Å²) in [7, 11) is 0. The Kier molecular flexibility index (Phi) is 5.81. The van der Waals surface area contributed by atoms with Crippen LogP contribution in [0.3, 0.4) is 0 Å². The van der Waals surface area contributed by atoms with Crippen molar-refractivity contribution in [2.45, 2.75) is 26.7 Å². The Bertz CT molecular complexity index is 760. The molecule has 0 atom stereocenters. The summed E-state index contributed by atoms with van der Waals surface area (Å²) in [5.74, 6) is 1.35. The number of H-pyrrole nitrogens is 1. The van der Waals surface area contributed by atoms with Crippen LogP contribution in [-0.4, -0.2) is 18.2 Å². The van der Waals surface area contributed by atoms with Gasteiger partial charge in [-0.3, -0.25) is 4.79 Å². The number of nitrogens with zero attached hydrogens (tertiary/aromatic N) is 1. The van der Waals surface area contributed by atoms with Crippen LogP contribution in [0, 0.1) is 11.3 Å². The third-order valence-electron chi connectivity index (χ3n) is 3.21. The third-order valence-corrected chi connectivity index (χ3v) is 3.21. The maximum Gasteiger partial charge on any atom is 0.266 e. The van der Waals surface area contributed by atoms with Gasteiger partial charge in [-0.1, -0.05) is 13.8 Å². The molecule has 0 amide bonds. The fourth-order valence-corrected chi connectivity index (χ4v) is 2.06. The molecule has 1 N–H and O–H groups in total. The molecule has 0 aliphatic rings. The molecule has 1 aromatic carbocycles. The van der Waals surface area contributed by atoms with E-state index in [-0.39, 0.29) is 5.56 Å². The molecule has 0 radical (unpaired) electrons. The van der Waals surface area contributed by atoms with Crippen molar-refractivity contribution in [3.05, 3.63) is 46.2 Å². The van der Waals surface area contributed by atoms with Crippen LogP contribution in [0.2, 0.25) is 0 Å². The first kappa shape index (κ1) is 16.6. The molecular formula is C18H20N2O3. The van der Waals surface area contributed by atoms with Gasteiger partial charge in [0.1, 0.15) is 11.6 Å². The van der Waals surface area contributed by atoms with Gasteiger partial charge in [0.2, 0.25) is 0 Å². The van der Waals surface area contributed by atoms with Crippen LogP contribution < -0.4 is 15.0 Å². The molecule has 0 saturated carbocycles. The maximum atomic E-state index is 11.8. The van der Waals surface area contributed by atoms with Crippen molar-refractivity contribution < 1.29 is 9.47 Å². The van der Waals surface area contributed by atoms with E-state index in [0.717, 1.165) is 18.4 Å². The average Bonchev–Trinajstić information content (AvgIpc) is 2.58. The highest BCUT2D eigenvalue weighted by molar-refractivity contribution is 5.64. The molecule has 120 valence electrons. The van der Waals surface area contributed by atoms with E-state index in [2.05, 4.69) is 4.98 Å². The third kappa shape index (κ3) is 4.13. The minimum atomic E-state index is -0.396. The van der Waals surface area contributed by atoms with Gasteiger partial charge < -0.3 is 14.5 Å². The standard InChI is InChI=1S/C18H20N2O3/c1-3-9-22-16-8-6-13(11-17(16)23-10-4-2)15-7-5-14(12-19)18(21)20-15/h5-8,11H,3-4,9-10H2,1-2H3,(H,20,21). The second-order valence-electron chi connectivity index (χ2n) is 5.09. The van der Waals surface area contributed by atoms with Gasteiger partial charge >= 0.3 is 0 Å². The van der Waals surface area contributed by atoms with E-state index in [1.807, 2.05) is 38.1 Å². The summed E-state index contributed by atoms with van der Waals surface area (Å²) < 4.78 is 11.4. The monoisotopic (exact) mass is 312 g/mol. The van der Waals surface area contributed by atoms with Crippen molar-refractivity contribution in [2.24, 2.45) is 0 Å². The molecule has 23 heavy (non-hydrogen) atoms. The molecule has 0 spiro atoms. The predicted octanol–water partition coefficient (Wildman–Crippen LogP) is 3.49. The molecule has 2 aromatic rings. The van der Waals surface area contributed by atoms with E-state index in [1.54, 1.807) is 6.07 Å². The zero-order valence-electron chi connectivity index (χ0n) is 13.4. The minimum absolute atomic E-state index is 0.0964. The van der Waals surface area contributed by atoms with Gasteiger partial charge in [-0.25, -0.2) is 0 Å². The van der Waals surface area contributed by atoms with Crippen LogP contribution in [0.4, 0.5) is 0 Å². The van der Waals surface area contributed by atoms with Crippen molar-refractivity contribution in [3.63, 3.8) is 0 Å². The summed E-state index contributed by atoms with van der Waals surface area (Å²) in [6.07, 6.45) is 1.81. The quantitative estimate of drug-likeness (QED) is 0.849. The Hall–Kier alpha value is -2.74.